The van der Waals surface area contributed by atoms with Crippen molar-refractivity contribution in [3.63, 3.8) is 0 Å². The number of nitrogens with one attached hydrogen (secondary N) is 3. The van der Waals surface area contributed by atoms with Crippen molar-refractivity contribution in [2.45, 2.75) is 47.6 Å². The average Bonchev–Trinajstić information content (AvgIpc) is 2.93. The van der Waals surface area contributed by atoms with E-state index in [0.717, 1.165) is 16.7 Å². The first-order valence-corrected chi connectivity index (χ1v) is 14.2. The summed E-state index contributed by atoms with van der Waals surface area (Å²) in [6, 6.07) is 12.9. The average molecular weight is 591 g/mol. The lowest BCUT2D eigenvalue weighted by atomic mass is 10.2. The number of carbonyl (C=O) groups is 1. The molecule has 8 nitrogen and oxygen atoms in total. The van der Waals surface area contributed by atoms with Gasteiger partial charge >= 0.3 is 0 Å². The Bertz CT molecular complexity index is 1300. The van der Waals surface area contributed by atoms with E-state index in [1.807, 2.05) is 101 Å². The highest BCUT2D eigenvalue weighted by atomic mass is 35.5. The van der Waals surface area contributed by atoms with E-state index in [4.69, 9.17) is 17.3 Å². The number of allylic oxidation sites excluding steroid dienone is 5. The fraction of sp³-hybridized carbons (Fsp3) is 0.276. The van der Waals surface area contributed by atoms with E-state index < -0.39 is 11.0 Å². The standard InChI is InChI=1S/C23H23ClN4OS.C3H7NO.C2H6.CH4FN/c1-4-5-6-9-17(3)15-30(29)28-23-22(25-19-10-7-8-11-20(19)26-23)27-21-14-16(2)12-13-18(21)24;1-3(4)2-5;1-2;1-3-2/h4-15H,1-3H3,(H,25,27)(H,26,28);2-3H,4H2,1H3;1-2H3;3H,1H3/b5-4-,9-6-,17-15+;;;. The minimum absolute atomic E-state index is 0.296. The first kappa shape index (κ1) is 36.6. The minimum Gasteiger partial charge on any atom is -0.336 e. The second-order valence-electron chi connectivity index (χ2n) is 7.85. The molecule has 11 heteroatoms. The van der Waals surface area contributed by atoms with Gasteiger partial charge in [-0.05, 0) is 63.1 Å². The predicted octanol–water partition coefficient (Wildman–Crippen LogP) is 7.10. The van der Waals surface area contributed by atoms with Gasteiger partial charge in [-0.3, -0.25) is 4.72 Å². The predicted molar refractivity (Wildman–Crippen MR) is 170 cm³/mol. The van der Waals surface area contributed by atoms with E-state index in [-0.39, 0.29) is 6.04 Å². The van der Waals surface area contributed by atoms with Crippen LogP contribution in [0, 0.1) is 6.92 Å². The number of anilines is 3. The summed E-state index contributed by atoms with van der Waals surface area (Å²) in [4.78, 5) is 18.7. The van der Waals surface area contributed by atoms with Gasteiger partial charge in [0, 0.05) is 12.5 Å². The van der Waals surface area contributed by atoms with E-state index in [0.29, 0.717) is 34.1 Å². The molecule has 0 aliphatic heterocycles. The topological polar surface area (TPSA) is 122 Å². The van der Waals surface area contributed by atoms with Gasteiger partial charge in [0.05, 0.1) is 27.8 Å². The van der Waals surface area contributed by atoms with Crippen molar-refractivity contribution in [2.75, 3.05) is 17.1 Å². The third-order valence-electron chi connectivity index (χ3n) is 4.31. The van der Waals surface area contributed by atoms with Crippen molar-refractivity contribution in [1.82, 2.24) is 15.5 Å². The number of nitrogens with zero attached hydrogens (tertiary/aromatic N) is 2. The Balaban J connectivity index is 0.00000132. The van der Waals surface area contributed by atoms with E-state index >= 15 is 0 Å². The number of carbonyl (C=O) groups excluding carboxylic acids is 1. The molecule has 0 saturated heterocycles. The summed E-state index contributed by atoms with van der Waals surface area (Å²) in [5.41, 5.74) is 10.2. The van der Waals surface area contributed by atoms with E-state index in [9.17, 15) is 13.5 Å². The smallest absolute Gasteiger partial charge is 0.182 e. The monoisotopic (exact) mass is 590 g/mol. The summed E-state index contributed by atoms with van der Waals surface area (Å²) in [5, 5.41) is 5.42. The summed E-state index contributed by atoms with van der Waals surface area (Å²) in [6.45, 7) is 11.4. The summed E-state index contributed by atoms with van der Waals surface area (Å²) >= 11 is 6.34. The summed E-state index contributed by atoms with van der Waals surface area (Å²) < 4.78 is 25.7. The third kappa shape index (κ3) is 14.6. The number of fused-ring (bicyclic) bond motifs is 1. The van der Waals surface area contributed by atoms with Crippen LogP contribution in [-0.2, 0) is 15.8 Å². The maximum Gasteiger partial charge on any atom is 0.182 e. The zero-order valence-electron chi connectivity index (χ0n) is 24.0. The van der Waals surface area contributed by atoms with E-state index in [1.165, 1.54) is 12.6 Å². The molecule has 2 unspecified atom stereocenters. The molecule has 0 aliphatic rings. The van der Waals surface area contributed by atoms with Crippen LogP contribution in [0.5, 0.6) is 0 Å². The lowest BCUT2D eigenvalue weighted by Gasteiger charge is -2.13. The lowest BCUT2D eigenvalue weighted by Crippen LogP contribution is -2.15. The van der Waals surface area contributed by atoms with Crippen LogP contribution in [0.25, 0.3) is 11.0 Å². The molecule has 0 spiro atoms. The number of aryl methyl sites for hydroxylation is 1. The molecule has 5 N–H and O–H groups in total. The highest BCUT2D eigenvalue weighted by Gasteiger charge is 2.12. The Morgan fingerprint density at radius 1 is 1.10 bits per heavy atom. The molecular formula is C29H40ClFN6O2S. The molecule has 3 aromatic rings. The van der Waals surface area contributed by atoms with Gasteiger partial charge in [-0.1, -0.05) is 68.0 Å². The molecule has 1 heterocycles. The van der Waals surface area contributed by atoms with Gasteiger partial charge in [0.1, 0.15) is 17.3 Å². The highest BCUT2D eigenvalue weighted by Crippen LogP contribution is 2.30. The molecule has 0 radical (unpaired) electrons. The largest absolute Gasteiger partial charge is 0.336 e. The number of benzene rings is 2. The molecule has 0 aliphatic carbocycles. The van der Waals surface area contributed by atoms with Crippen LogP contribution in [0.15, 0.2) is 77.7 Å². The van der Waals surface area contributed by atoms with Gasteiger partial charge in [0.15, 0.2) is 11.6 Å². The number of hydrogen-bond acceptors (Lipinski definition) is 7. The van der Waals surface area contributed by atoms with Crippen LogP contribution in [0.1, 0.15) is 40.2 Å². The number of nitrogens with two attached hydrogens (primary N) is 1. The molecule has 218 valence electrons. The Kier molecular flexibility index (Phi) is 19.6. The molecule has 0 amide bonds. The Labute approximate surface area is 244 Å². The SMILES string of the molecule is CC.CC(N)C=O.CNF.C\C=C/C=C\C(C)=C\S(=O)Nc1nc2ccccc2nc1Nc1cc(C)ccc1Cl. The molecule has 2 atom stereocenters. The van der Waals surface area contributed by atoms with Gasteiger partial charge < -0.3 is 15.8 Å². The Morgan fingerprint density at radius 3 is 2.17 bits per heavy atom. The van der Waals surface area contributed by atoms with E-state index in [2.05, 4.69) is 20.0 Å². The van der Waals surface area contributed by atoms with E-state index in [1.54, 1.807) is 12.3 Å². The van der Waals surface area contributed by atoms with Crippen molar-refractivity contribution in [2.24, 2.45) is 5.73 Å². The van der Waals surface area contributed by atoms with Crippen LogP contribution in [0.3, 0.4) is 0 Å². The van der Waals surface area contributed by atoms with Crippen LogP contribution < -0.4 is 21.3 Å². The van der Waals surface area contributed by atoms with Gasteiger partial charge in [0.25, 0.3) is 0 Å². The quantitative estimate of drug-likeness (QED) is 0.125. The van der Waals surface area contributed by atoms with Gasteiger partial charge in [0.2, 0.25) is 0 Å². The van der Waals surface area contributed by atoms with Crippen molar-refractivity contribution in [3.8, 4) is 0 Å². The van der Waals surface area contributed by atoms with Crippen LogP contribution in [-0.4, -0.2) is 33.6 Å². The summed E-state index contributed by atoms with van der Waals surface area (Å²) in [6.07, 6.45) is 8.32. The first-order chi connectivity index (χ1) is 19.1. The Morgan fingerprint density at radius 2 is 1.65 bits per heavy atom. The van der Waals surface area contributed by atoms with Crippen LogP contribution >= 0.6 is 11.6 Å². The van der Waals surface area contributed by atoms with Crippen molar-refractivity contribution in [1.29, 1.82) is 0 Å². The van der Waals surface area contributed by atoms with Gasteiger partial charge in [-0.15, -0.1) is 4.48 Å². The molecule has 0 bridgehead atoms. The maximum atomic E-state index is 12.7. The fourth-order valence-corrected chi connectivity index (χ4v) is 3.64. The number of halogens is 2. The molecule has 40 heavy (non-hydrogen) atoms. The minimum atomic E-state index is -1.49. The molecule has 0 fully saturated rings. The second kappa shape index (κ2) is 21.4. The van der Waals surface area contributed by atoms with Crippen LogP contribution in [0.4, 0.5) is 21.8 Å². The number of aldehydes is 1. The van der Waals surface area contributed by atoms with Crippen molar-refractivity contribution >= 4 is 57.2 Å². The van der Waals surface area contributed by atoms with Crippen molar-refractivity contribution < 1.29 is 13.5 Å². The third-order valence-corrected chi connectivity index (χ3v) is 5.62. The van der Waals surface area contributed by atoms with Crippen molar-refractivity contribution in [3.05, 3.63) is 88.3 Å². The number of hydrogen-bond donors (Lipinski definition) is 4. The fourth-order valence-electron chi connectivity index (χ4n) is 2.67. The number of para-hydroxylation sites is 2. The number of rotatable bonds is 8. The molecule has 1 aromatic heterocycles. The molecular weight excluding hydrogens is 551 g/mol. The van der Waals surface area contributed by atoms with Gasteiger partial charge in [-0.25, -0.2) is 14.2 Å². The first-order valence-electron chi connectivity index (χ1n) is 12.6. The number of aromatic nitrogens is 2. The van der Waals surface area contributed by atoms with Gasteiger partial charge in [-0.2, -0.15) is 5.54 Å². The summed E-state index contributed by atoms with van der Waals surface area (Å²) in [7, 11) is -0.282. The summed E-state index contributed by atoms with van der Waals surface area (Å²) in [5.74, 6) is 0.830. The maximum absolute atomic E-state index is 12.7. The molecule has 3 rings (SSSR count). The molecule has 0 saturated carbocycles. The Hall–Kier alpha value is -3.44. The highest BCUT2D eigenvalue weighted by molar-refractivity contribution is 7.89. The zero-order valence-corrected chi connectivity index (χ0v) is 25.6. The zero-order chi connectivity index (χ0) is 30.5. The normalized spacial score (nSPS) is 12.3. The molecule has 2 aromatic carbocycles. The lowest BCUT2D eigenvalue weighted by molar-refractivity contribution is -0.108. The van der Waals surface area contributed by atoms with Crippen LogP contribution in [0.2, 0.25) is 5.02 Å². The second-order valence-corrected chi connectivity index (χ2v) is 9.29.